The Balaban J connectivity index is 2.38. The highest BCUT2D eigenvalue weighted by Crippen LogP contribution is 2.25. The van der Waals surface area contributed by atoms with Crippen molar-refractivity contribution in [3.05, 3.63) is 40.5 Å². The second-order valence-corrected chi connectivity index (χ2v) is 6.55. The molecule has 0 bridgehead atoms. The molecular formula is C11H11BrFN3O2S. The van der Waals surface area contributed by atoms with Gasteiger partial charge in [0.2, 0.25) is 0 Å². The summed E-state index contributed by atoms with van der Waals surface area (Å²) < 4.78 is 41.6. The summed E-state index contributed by atoms with van der Waals surface area (Å²) in [5.74, 6) is -0.538. The first-order valence-corrected chi connectivity index (χ1v) is 7.53. The summed E-state index contributed by atoms with van der Waals surface area (Å²) in [7, 11) is -2.15. The van der Waals surface area contributed by atoms with Gasteiger partial charge < -0.3 is 4.57 Å². The van der Waals surface area contributed by atoms with Gasteiger partial charge in [0.25, 0.3) is 10.0 Å². The number of anilines is 1. The lowest BCUT2D eigenvalue weighted by Gasteiger charge is -2.09. The van der Waals surface area contributed by atoms with Crippen LogP contribution in [-0.4, -0.2) is 18.0 Å². The van der Waals surface area contributed by atoms with E-state index in [0.29, 0.717) is 5.56 Å². The molecule has 2 aromatic rings. The van der Waals surface area contributed by atoms with Crippen LogP contribution in [-0.2, 0) is 17.1 Å². The normalized spacial score (nSPS) is 11.6. The summed E-state index contributed by atoms with van der Waals surface area (Å²) in [6, 6.07) is 2.63. The zero-order valence-corrected chi connectivity index (χ0v) is 12.6. The van der Waals surface area contributed by atoms with Gasteiger partial charge in [-0.15, -0.1) is 0 Å². The van der Waals surface area contributed by atoms with Crippen molar-refractivity contribution in [2.24, 2.45) is 7.05 Å². The molecule has 0 fully saturated rings. The van der Waals surface area contributed by atoms with E-state index in [1.807, 2.05) is 0 Å². The lowest BCUT2D eigenvalue weighted by molar-refractivity contribution is 0.598. The van der Waals surface area contributed by atoms with E-state index < -0.39 is 15.8 Å². The van der Waals surface area contributed by atoms with Gasteiger partial charge in [0.1, 0.15) is 5.82 Å². The van der Waals surface area contributed by atoms with Crippen molar-refractivity contribution in [3.8, 4) is 0 Å². The van der Waals surface area contributed by atoms with Crippen LogP contribution < -0.4 is 4.72 Å². The van der Waals surface area contributed by atoms with Gasteiger partial charge in [-0.2, -0.15) is 8.42 Å². The molecule has 0 saturated carbocycles. The number of nitrogens with zero attached hydrogens (tertiary/aromatic N) is 2. The topological polar surface area (TPSA) is 64.0 Å². The van der Waals surface area contributed by atoms with Gasteiger partial charge in [0.15, 0.2) is 5.03 Å². The highest BCUT2D eigenvalue weighted by Gasteiger charge is 2.18. The molecule has 0 unspecified atom stereocenters. The third-order valence-electron chi connectivity index (χ3n) is 2.47. The molecule has 2 rings (SSSR count). The van der Waals surface area contributed by atoms with Crippen LogP contribution in [0.15, 0.2) is 34.2 Å². The Morgan fingerprint density at radius 3 is 2.68 bits per heavy atom. The van der Waals surface area contributed by atoms with Crippen molar-refractivity contribution in [1.82, 2.24) is 9.55 Å². The maximum atomic E-state index is 13.4. The molecule has 1 aromatic heterocycles. The van der Waals surface area contributed by atoms with Crippen LogP contribution in [0, 0.1) is 12.7 Å². The molecule has 0 saturated heterocycles. The second kappa shape index (κ2) is 4.93. The SMILES string of the molecule is Cc1cc(Br)c(F)cc1NS(=O)(=O)c1cn(C)cn1. The van der Waals surface area contributed by atoms with Crippen LogP contribution >= 0.6 is 15.9 Å². The Morgan fingerprint density at radius 2 is 2.11 bits per heavy atom. The molecule has 0 radical (unpaired) electrons. The second-order valence-electron chi connectivity index (χ2n) is 4.06. The molecule has 1 N–H and O–H groups in total. The minimum Gasteiger partial charge on any atom is -0.339 e. The lowest BCUT2D eigenvalue weighted by Crippen LogP contribution is -2.14. The van der Waals surface area contributed by atoms with E-state index in [-0.39, 0.29) is 15.2 Å². The minimum atomic E-state index is -3.81. The van der Waals surface area contributed by atoms with Gasteiger partial charge >= 0.3 is 0 Å². The molecule has 102 valence electrons. The molecule has 1 heterocycles. The lowest BCUT2D eigenvalue weighted by atomic mass is 10.2. The number of hydrogen-bond donors (Lipinski definition) is 1. The largest absolute Gasteiger partial charge is 0.339 e. The number of nitrogens with one attached hydrogen (secondary N) is 1. The Kier molecular flexibility index (Phi) is 3.64. The van der Waals surface area contributed by atoms with E-state index in [4.69, 9.17) is 0 Å². The van der Waals surface area contributed by atoms with Gasteiger partial charge in [-0.05, 0) is 40.5 Å². The molecule has 0 aliphatic rings. The molecule has 1 aromatic carbocycles. The van der Waals surface area contributed by atoms with Gasteiger partial charge in [-0.1, -0.05) is 0 Å². The number of halogens is 2. The van der Waals surface area contributed by atoms with E-state index in [1.54, 1.807) is 14.0 Å². The van der Waals surface area contributed by atoms with Gasteiger partial charge in [0.05, 0.1) is 16.5 Å². The van der Waals surface area contributed by atoms with Crippen molar-refractivity contribution >= 4 is 31.6 Å². The fraction of sp³-hybridized carbons (Fsp3) is 0.182. The molecule has 19 heavy (non-hydrogen) atoms. The van der Waals surface area contributed by atoms with Crippen molar-refractivity contribution in [2.45, 2.75) is 11.9 Å². The highest BCUT2D eigenvalue weighted by atomic mass is 79.9. The predicted octanol–water partition coefficient (Wildman–Crippen LogP) is 2.43. The Morgan fingerprint density at radius 1 is 1.42 bits per heavy atom. The Labute approximate surface area is 118 Å². The van der Waals surface area contributed by atoms with E-state index in [1.165, 1.54) is 23.2 Å². The van der Waals surface area contributed by atoms with Crippen molar-refractivity contribution in [2.75, 3.05) is 4.72 Å². The summed E-state index contributed by atoms with van der Waals surface area (Å²) in [5, 5.41) is -0.113. The van der Waals surface area contributed by atoms with Crippen LogP contribution in [0.2, 0.25) is 0 Å². The van der Waals surface area contributed by atoms with Crippen molar-refractivity contribution < 1.29 is 12.8 Å². The average molecular weight is 348 g/mol. The maximum absolute atomic E-state index is 13.4. The molecule has 0 atom stereocenters. The zero-order valence-electron chi connectivity index (χ0n) is 10.2. The third kappa shape index (κ3) is 2.95. The summed E-state index contributed by atoms with van der Waals surface area (Å²) in [4.78, 5) is 3.76. The molecule has 0 spiro atoms. The minimum absolute atomic E-state index is 0.113. The number of rotatable bonds is 3. The van der Waals surface area contributed by atoms with Crippen molar-refractivity contribution in [3.63, 3.8) is 0 Å². The van der Waals surface area contributed by atoms with E-state index in [2.05, 4.69) is 25.6 Å². The molecule has 5 nitrogen and oxygen atoms in total. The first-order valence-electron chi connectivity index (χ1n) is 5.26. The highest BCUT2D eigenvalue weighted by molar-refractivity contribution is 9.10. The number of aromatic nitrogens is 2. The molecular weight excluding hydrogens is 337 g/mol. The van der Waals surface area contributed by atoms with Crippen LogP contribution in [0.5, 0.6) is 0 Å². The van der Waals surface area contributed by atoms with E-state index in [9.17, 15) is 12.8 Å². The number of aryl methyl sites for hydroxylation is 2. The first kappa shape index (κ1) is 14.0. The van der Waals surface area contributed by atoms with Gasteiger partial charge in [0, 0.05) is 13.2 Å². The molecule has 0 amide bonds. The summed E-state index contributed by atoms with van der Waals surface area (Å²) in [6.45, 7) is 1.68. The maximum Gasteiger partial charge on any atom is 0.280 e. The standard InChI is InChI=1S/C11H11BrFN3O2S/c1-7-3-8(12)9(13)4-10(7)15-19(17,18)11-5-16(2)6-14-11/h3-6,15H,1-2H3. The summed E-state index contributed by atoms with van der Waals surface area (Å²) in [5.41, 5.74) is 0.791. The molecule has 8 heteroatoms. The fourth-order valence-electron chi connectivity index (χ4n) is 1.48. The quantitative estimate of drug-likeness (QED) is 0.927. The summed E-state index contributed by atoms with van der Waals surface area (Å²) in [6.07, 6.45) is 2.75. The Bertz CT molecular complexity index is 728. The third-order valence-corrected chi connectivity index (χ3v) is 4.33. The molecule has 0 aliphatic carbocycles. The molecule has 0 aliphatic heterocycles. The van der Waals surface area contributed by atoms with Crippen LogP contribution in [0.4, 0.5) is 10.1 Å². The van der Waals surface area contributed by atoms with E-state index in [0.717, 1.165) is 6.07 Å². The van der Waals surface area contributed by atoms with Crippen LogP contribution in [0.25, 0.3) is 0 Å². The predicted molar refractivity (Wildman–Crippen MR) is 72.9 cm³/mol. The van der Waals surface area contributed by atoms with Gasteiger partial charge in [-0.3, -0.25) is 4.72 Å². The number of benzene rings is 1. The first-order chi connectivity index (χ1) is 8.79. The fourth-order valence-corrected chi connectivity index (χ4v) is 3.04. The number of sulfonamides is 1. The zero-order chi connectivity index (χ0) is 14.2. The smallest absolute Gasteiger partial charge is 0.280 e. The van der Waals surface area contributed by atoms with E-state index >= 15 is 0 Å². The number of imidazole rings is 1. The van der Waals surface area contributed by atoms with Crippen molar-refractivity contribution in [1.29, 1.82) is 0 Å². The number of hydrogen-bond acceptors (Lipinski definition) is 3. The Hall–Kier alpha value is -1.41. The monoisotopic (exact) mass is 347 g/mol. The van der Waals surface area contributed by atoms with Crippen LogP contribution in [0.1, 0.15) is 5.56 Å². The van der Waals surface area contributed by atoms with Gasteiger partial charge in [-0.25, -0.2) is 9.37 Å². The van der Waals surface area contributed by atoms with Crippen LogP contribution in [0.3, 0.4) is 0 Å². The average Bonchev–Trinajstić information content (AvgIpc) is 2.73. The summed E-state index contributed by atoms with van der Waals surface area (Å²) >= 11 is 3.04.